The molecule has 2 aromatic carbocycles. The van der Waals surface area contributed by atoms with Crippen molar-refractivity contribution in [3.8, 4) is 22.9 Å². The van der Waals surface area contributed by atoms with Gasteiger partial charge in [-0.05, 0) is 42.8 Å². The molecular weight excluding hydrogens is 344 g/mol. The van der Waals surface area contributed by atoms with Crippen molar-refractivity contribution in [1.29, 1.82) is 0 Å². The molecule has 4 rings (SSSR count). The molecule has 0 amide bonds. The van der Waals surface area contributed by atoms with Crippen molar-refractivity contribution in [1.82, 2.24) is 19.7 Å². The molecule has 7 heteroatoms. The van der Waals surface area contributed by atoms with Crippen LogP contribution in [0.25, 0.3) is 22.4 Å². The first-order valence-corrected chi connectivity index (χ1v) is 8.70. The van der Waals surface area contributed by atoms with Gasteiger partial charge in [-0.3, -0.25) is 0 Å². The average molecular weight is 364 g/mol. The van der Waals surface area contributed by atoms with Crippen LogP contribution in [0.4, 0.5) is 0 Å². The highest BCUT2D eigenvalue weighted by molar-refractivity contribution is 5.80. The molecule has 138 valence electrons. The van der Waals surface area contributed by atoms with Gasteiger partial charge in [-0.1, -0.05) is 11.2 Å². The van der Waals surface area contributed by atoms with Crippen molar-refractivity contribution < 1.29 is 14.0 Å². The maximum absolute atomic E-state index is 5.45. The van der Waals surface area contributed by atoms with E-state index in [0.29, 0.717) is 29.6 Å². The number of ether oxygens (including phenoxy) is 2. The number of rotatable bonds is 6. The van der Waals surface area contributed by atoms with Gasteiger partial charge in [-0.2, -0.15) is 4.98 Å². The van der Waals surface area contributed by atoms with Gasteiger partial charge in [-0.15, -0.1) is 0 Å². The zero-order valence-electron chi connectivity index (χ0n) is 15.5. The lowest BCUT2D eigenvalue weighted by atomic mass is 10.1. The van der Waals surface area contributed by atoms with E-state index in [1.807, 2.05) is 42.7 Å². The number of aryl methyl sites for hydroxylation is 1. The van der Waals surface area contributed by atoms with E-state index >= 15 is 0 Å². The molecule has 7 nitrogen and oxygen atoms in total. The molecule has 0 spiro atoms. The van der Waals surface area contributed by atoms with Gasteiger partial charge in [0.15, 0.2) is 11.5 Å². The molecule has 0 aliphatic rings. The lowest BCUT2D eigenvalue weighted by molar-refractivity contribution is 0.354. The molecule has 0 N–H and O–H groups in total. The Balaban J connectivity index is 1.60. The van der Waals surface area contributed by atoms with Crippen LogP contribution in [0.5, 0.6) is 11.5 Å². The Morgan fingerprint density at radius 1 is 1.04 bits per heavy atom. The van der Waals surface area contributed by atoms with Crippen LogP contribution in [-0.2, 0) is 13.0 Å². The van der Waals surface area contributed by atoms with Crippen molar-refractivity contribution in [2.75, 3.05) is 14.2 Å². The predicted octanol–water partition coefficient (Wildman–Crippen LogP) is 3.71. The molecule has 0 radical (unpaired) electrons. The second-order valence-electron chi connectivity index (χ2n) is 6.11. The fraction of sp³-hybridized carbons (Fsp3) is 0.250. The minimum Gasteiger partial charge on any atom is -0.493 e. The van der Waals surface area contributed by atoms with E-state index in [4.69, 9.17) is 14.0 Å². The minimum absolute atomic E-state index is 0.516. The molecule has 0 aliphatic carbocycles. The zero-order valence-corrected chi connectivity index (χ0v) is 15.5. The Labute approximate surface area is 156 Å². The summed E-state index contributed by atoms with van der Waals surface area (Å²) >= 11 is 0. The van der Waals surface area contributed by atoms with Crippen LogP contribution in [0.2, 0.25) is 0 Å². The second-order valence-corrected chi connectivity index (χ2v) is 6.11. The molecule has 0 atom stereocenters. The second kappa shape index (κ2) is 7.11. The van der Waals surface area contributed by atoms with Crippen LogP contribution in [0.1, 0.15) is 18.4 Å². The van der Waals surface area contributed by atoms with Crippen molar-refractivity contribution in [2.45, 2.75) is 19.9 Å². The highest BCUT2D eigenvalue weighted by Gasteiger charge is 2.13. The van der Waals surface area contributed by atoms with Crippen molar-refractivity contribution >= 4 is 11.0 Å². The zero-order chi connectivity index (χ0) is 18.8. The topological polar surface area (TPSA) is 75.2 Å². The maximum Gasteiger partial charge on any atom is 0.231 e. The fourth-order valence-corrected chi connectivity index (χ4v) is 3.06. The van der Waals surface area contributed by atoms with Gasteiger partial charge in [0, 0.05) is 12.1 Å². The van der Waals surface area contributed by atoms with Crippen molar-refractivity contribution in [3.05, 3.63) is 54.2 Å². The van der Waals surface area contributed by atoms with E-state index < -0.39 is 0 Å². The monoisotopic (exact) mass is 364 g/mol. The molecule has 0 bridgehead atoms. The predicted molar refractivity (Wildman–Crippen MR) is 101 cm³/mol. The summed E-state index contributed by atoms with van der Waals surface area (Å²) in [5, 5.41) is 4.13. The van der Waals surface area contributed by atoms with Crippen molar-refractivity contribution in [3.63, 3.8) is 0 Å². The number of methoxy groups -OCH3 is 2. The van der Waals surface area contributed by atoms with Crippen LogP contribution >= 0.6 is 0 Å². The first-order chi connectivity index (χ1) is 13.2. The van der Waals surface area contributed by atoms with Gasteiger partial charge in [0.1, 0.15) is 0 Å². The van der Waals surface area contributed by atoms with Gasteiger partial charge >= 0.3 is 0 Å². The summed E-state index contributed by atoms with van der Waals surface area (Å²) in [5.74, 6) is 2.47. The van der Waals surface area contributed by atoms with E-state index in [1.165, 1.54) is 0 Å². The number of benzene rings is 2. The SMILES string of the molecule is CCn1cnc2ccc(-c3noc(Cc4ccc(OC)c(OC)c4)n3)cc21. The van der Waals surface area contributed by atoms with Gasteiger partial charge in [-0.25, -0.2) is 4.98 Å². The molecule has 0 unspecified atom stereocenters. The number of aromatic nitrogens is 4. The molecule has 4 aromatic rings. The standard InChI is InChI=1S/C20H20N4O3/c1-4-24-12-21-15-7-6-14(11-16(15)24)20-22-19(27-23-20)10-13-5-8-17(25-2)18(9-13)26-3/h5-9,11-12H,4,10H2,1-3H3. The molecule has 2 heterocycles. The maximum atomic E-state index is 5.45. The fourth-order valence-electron chi connectivity index (χ4n) is 3.06. The quantitative estimate of drug-likeness (QED) is 0.519. The summed E-state index contributed by atoms with van der Waals surface area (Å²) in [6.45, 7) is 2.94. The van der Waals surface area contributed by atoms with Gasteiger partial charge in [0.2, 0.25) is 11.7 Å². The van der Waals surface area contributed by atoms with Gasteiger partial charge < -0.3 is 18.6 Å². The largest absolute Gasteiger partial charge is 0.493 e. The number of hydrogen-bond acceptors (Lipinski definition) is 6. The molecule has 27 heavy (non-hydrogen) atoms. The molecule has 0 saturated carbocycles. The first kappa shape index (κ1) is 17.1. The molecule has 0 saturated heterocycles. The third-order valence-electron chi connectivity index (χ3n) is 4.49. The highest BCUT2D eigenvalue weighted by atomic mass is 16.5. The number of imidazole rings is 1. The average Bonchev–Trinajstić information content (AvgIpc) is 3.34. The normalized spacial score (nSPS) is 11.1. The number of nitrogens with zero attached hydrogens (tertiary/aromatic N) is 4. The molecule has 0 fully saturated rings. The van der Waals surface area contributed by atoms with E-state index in [1.54, 1.807) is 14.2 Å². The lowest BCUT2D eigenvalue weighted by Gasteiger charge is -2.08. The summed E-state index contributed by atoms with van der Waals surface area (Å²) in [4.78, 5) is 8.93. The molecular formula is C20H20N4O3. The van der Waals surface area contributed by atoms with E-state index in [2.05, 4.69) is 26.6 Å². The summed E-state index contributed by atoms with van der Waals surface area (Å²) in [6, 6.07) is 11.7. The Morgan fingerprint density at radius 3 is 2.67 bits per heavy atom. The Bertz CT molecular complexity index is 1080. The highest BCUT2D eigenvalue weighted by Crippen LogP contribution is 2.29. The van der Waals surface area contributed by atoms with Crippen LogP contribution in [0.15, 0.2) is 47.2 Å². The van der Waals surface area contributed by atoms with Gasteiger partial charge in [0.05, 0.1) is 38.0 Å². The Hall–Kier alpha value is -3.35. The lowest BCUT2D eigenvalue weighted by Crippen LogP contribution is -1.94. The Kier molecular flexibility index (Phi) is 4.50. The summed E-state index contributed by atoms with van der Waals surface area (Å²) in [7, 11) is 3.23. The van der Waals surface area contributed by atoms with Crippen LogP contribution in [-0.4, -0.2) is 33.9 Å². The van der Waals surface area contributed by atoms with Crippen LogP contribution in [0, 0.1) is 0 Å². The van der Waals surface area contributed by atoms with E-state index in [-0.39, 0.29) is 0 Å². The van der Waals surface area contributed by atoms with Crippen molar-refractivity contribution in [2.24, 2.45) is 0 Å². The summed E-state index contributed by atoms with van der Waals surface area (Å²) in [6.07, 6.45) is 2.36. The molecule has 0 aliphatic heterocycles. The summed E-state index contributed by atoms with van der Waals surface area (Å²) in [5.41, 5.74) is 3.92. The smallest absolute Gasteiger partial charge is 0.231 e. The molecule has 2 aromatic heterocycles. The first-order valence-electron chi connectivity index (χ1n) is 8.70. The minimum atomic E-state index is 0.516. The van der Waals surface area contributed by atoms with E-state index in [9.17, 15) is 0 Å². The third kappa shape index (κ3) is 3.23. The number of fused-ring (bicyclic) bond motifs is 1. The van der Waals surface area contributed by atoms with E-state index in [0.717, 1.165) is 28.7 Å². The third-order valence-corrected chi connectivity index (χ3v) is 4.49. The summed E-state index contributed by atoms with van der Waals surface area (Å²) < 4.78 is 18.1. The van der Waals surface area contributed by atoms with Crippen LogP contribution < -0.4 is 9.47 Å². The Morgan fingerprint density at radius 2 is 1.89 bits per heavy atom. The van der Waals surface area contributed by atoms with Crippen LogP contribution in [0.3, 0.4) is 0 Å². The number of hydrogen-bond donors (Lipinski definition) is 0. The van der Waals surface area contributed by atoms with Gasteiger partial charge in [0.25, 0.3) is 0 Å².